The Morgan fingerprint density at radius 1 is 1.58 bits per heavy atom. The summed E-state index contributed by atoms with van der Waals surface area (Å²) >= 11 is 0. The number of benzene rings is 1. The highest BCUT2D eigenvalue weighted by Crippen LogP contribution is 2.25. The van der Waals surface area contributed by atoms with E-state index in [0.717, 1.165) is 5.56 Å². The summed E-state index contributed by atoms with van der Waals surface area (Å²) in [4.78, 5) is 14.1. The second-order valence-corrected chi connectivity index (χ2v) is 3.74. The molecule has 0 aliphatic carbocycles. The van der Waals surface area contributed by atoms with E-state index in [2.05, 4.69) is 15.4 Å². The van der Waals surface area contributed by atoms with Crippen LogP contribution < -0.4 is 5.32 Å². The number of nitro groups is 1. The zero-order valence-electron chi connectivity index (χ0n) is 10.1. The Morgan fingerprint density at radius 3 is 2.95 bits per heavy atom. The van der Waals surface area contributed by atoms with Crippen molar-refractivity contribution in [2.75, 3.05) is 12.4 Å². The van der Waals surface area contributed by atoms with Crippen molar-refractivity contribution in [2.24, 2.45) is 0 Å². The average Bonchev–Trinajstić information content (AvgIpc) is 2.86. The van der Waals surface area contributed by atoms with Gasteiger partial charge in [0.25, 0.3) is 11.5 Å². The normalized spacial score (nSPS) is 9.89. The number of nitrogens with zero attached hydrogens (tertiary/aromatic N) is 5. The van der Waals surface area contributed by atoms with Gasteiger partial charge in [0.2, 0.25) is 0 Å². The van der Waals surface area contributed by atoms with E-state index in [-0.39, 0.29) is 11.5 Å². The van der Waals surface area contributed by atoms with Gasteiger partial charge >= 0.3 is 0 Å². The molecule has 0 aliphatic heterocycles. The fourth-order valence-corrected chi connectivity index (χ4v) is 1.65. The van der Waals surface area contributed by atoms with Crippen molar-refractivity contribution in [2.45, 2.75) is 6.54 Å². The standard InChI is InChI=1S/C11H10N6O2/c1-13-9-4-8(2-3-10(9)17(18)19)6-16-7-14-11(5-12)15-16/h2-4,7,13H,6H2,1H3. The van der Waals surface area contributed by atoms with Crippen LogP contribution in [0.1, 0.15) is 11.4 Å². The topological polar surface area (TPSA) is 110 Å². The predicted octanol–water partition coefficient (Wildman–Crippen LogP) is 1.15. The molecular weight excluding hydrogens is 248 g/mol. The van der Waals surface area contributed by atoms with E-state index in [4.69, 9.17) is 5.26 Å². The van der Waals surface area contributed by atoms with Crippen LogP contribution in [-0.2, 0) is 6.54 Å². The molecule has 2 aromatic rings. The van der Waals surface area contributed by atoms with Crippen LogP contribution in [0.15, 0.2) is 24.5 Å². The Labute approximate surface area is 108 Å². The minimum absolute atomic E-state index is 0.0163. The SMILES string of the molecule is CNc1cc(Cn2cnc(C#N)n2)ccc1[N+](=O)[O-]. The maximum Gasteiger partial charge on any atom is 0.292 e. The Morgan fingerprint density at radius 2 is 2.37 bits per heavy atom. The summed E-state index contributed by atoms with van der Waals surface area (Å²) in [5.74, 6) is 0.0933. The first-order valence-electron chi connectivity index (χ1n) is 5.38. The number of hydrogen-bond acceptors (Lipinski definition) is 6. The maximum atomic E-state index is 10.8. The van der Waals surface area contributed by atoms with Gasteiger partial charge in [-0.3, -0.25) is 10.1 Å². The van der Waals surface area contributed by atoms with Crippen LogP contribution in [0.25, 0.3) is 0 Å². The van der Waals surface area contributed by atoms with Gasteiger partial charge in [-0.05, 0) is 11.6 Å². The van der Waals surface area contributed by atoms with E-state index in [1.54, 1.807) is 19.2 Å². The Kier molecular flexibility index (Phi) is 3.38. The second kappa shape index (κ2) is 5.14. The number of nitriles is 1. The van der Waals surface area contributed by atoms with Crippen LogP contribution in [0.5, 0.6) is 0 Å². The Balaban J connectivity index is 2.26. The van der Waals surface area contributed by atoms with Crippen LogP contribution in [0.2, 0.25) is 0 Å². The van der Waals surface area contributed by atoms with E-state index in [0.29, 0.717) is 12.2 Å². The van der Waals surface area contributed by atoms with Crippen LogP contribution in [0, 0.1) is 21.4 Å². The Hall–Kier alpha value is -2.95. The molecule has 0 spiro atoms. The second-order valence-electron chi connectivity index (χ2n) is 3.74. The highest BCUT2D eigenvalue weighted by molar-refractivity contribution is 5.62. The van der Waals surface area contributed by atoms with Gasteiger partial charge in [0.05, 0.1) is 11.5 Å². The summed E-state index contributed by atoms with van der Waals surface area (Å²) in [6.07, 6.45) is 1.44. The highest BCUT2D eigenvalue weighted by Gasteiger charge is 2.13. The number of nitro benzene ring substituents is 1. The molecule has 2 rings (SSSR count). The molecule has 0 unspecified atom stereocenters. The van der Waals surface area contributed by atoms with Gasteiger partial charge in [0.15, 0.2) is 0 Å². The van der Waals surface area contributed by atoms with Crippen molar-refractivity contribution in [3.63, 3.8) is 0 Å². The van der Waals surface area contributed by atoms with Gasteiger partial charge < -0.3 is 5.32 Å². The quantitative estimate of drug-likeness (QED) is 0.650. The summed E-state index contributed by atoms with van der Waals surface area (Å²) < 4.78 is 1.50. The van der Waals surface area contributed by atoms with Crippen molar-refractivity contribution in [3.8, 4) is 6.07 Å². The highest BCUT2D eigenvalue weighted by atomic mass is 16.6. The third kappa shape index (κ3) is 2.66. The molecule has 0 amide bonds. The number of nitrogens with one attached hydrogen (secondary N) is 1. The first-order valence-corrected chi connectivity index (χ1v) is 5.38. The summed E-state index contributed by atoms with van der Waals surface area (Å²) in [6, 6.07) is 6.59. The molecule has 8 heteroatoms. The molecule has 0 bridgehead atoms. The smallest absolute Gasteiger partial charge is 0.292 e. The molecule has 1 aromatic heterocycles. The van der Waals surface area contributed by atoms with Crippen molar-refractivity contribution in [1.29, 1.82) is 5.26 Å². The lowest BCUT2D eigenvalue weighted by molar-refractivity contribution is -0.383. The van der Waals surface area contributed by atoms with Gasteiger partial charge in [-0.15, -0.1) is 5.10 Å². The van der Waals surface area contributed by atoms with Crippen LogP contribution in [0.4, 0.5) is 11.4 Å². The number of anilines is 1. The van der Waals surface area contributed by atoms with Gasteiger partial charge in [-0.1, -0.05) is 6.07 Å². The van der Waals surface area contributed by atoms with Crippen LogP contribution in [-0.4, -0.2) is 26.7 Å². The lowest BCUT2D eigenvalue weighted by Gasteiger charge is -2.05. The molecule has 0 fully saturated rings. The summed E-state index contributed by atoms with van der Waals surface area (Å²) in [5.41, 5.74) is 1.27. The van der Waals surface area contributed by atoms with Crippen molar-refractivity contribution >= 4 is 11.4 Å². The molecule has 0 atom stereocenters. The molecule has 0 radical (unpaired) electrons. The molecule has 0 saturated heterocycles. The number of hydrogen-bond donors (Lipinski definition) is 1. The van der Waals surface area contributed by atoms with Gasteiger partial charge in [-0.25, -0.2) is 9.67 Å². The summed E-state index contributed by atoms with van der Waals surface area (Å²) in [6.45, 7) is 0.390. The molecule has 1 aromatic carbocycles. The van der Waals surface area contributed by atoms with Crippen LogP contribution in [0.3, 0.4) is 0 Å². The van der Waals surface area contributed by atoms with E-state index in [9.17, 15) is 10.1 Å². The lowest BCUT2D eigenvalue weighted by Crippen LogP contribution is -2.03. The molecule has 1 N–H and O–H groups in total. The molecular formula is C11H10N6O2. The average molecular weight is 258 g/mol. The number of rotatable bonds is 4. The van der Waals surface area contributed by atoms with Crippen molar-refractivity contribution in [3.05, 3.63) is 46.0 Å². The van der Waals surface area contributed by atoms with Gasteiger partial charge in [0.1, 0.15) is 18.1 Å². The number of aromatic nitrogens is 3. The molecule has 8 nitrogen and oxygen atoms in total. The van der Waals surface area contributed by atoms with E-state index < -0.39 is 4.92 Å². The zero-order chi connectivity index (χ0) is 13.8. The Bertz CT molecular complexity index is 657. The van der Waals surface area contributed by atoms with Crippen molar-refractivity contribution < 1.29 is 4.92 Å². The van der Waals surface area contributed by atoms with E-state index in [1.165, 1.54) is 17.1 Å². The largest absolute Gasteiger partial charge is 0.383 e. The first-order chi connectivity index (χ1) is 9.13. The summed E-state index contributed by atoms with van der Waals surface area (Å²) in [7, 11) is 1.62. The third-order valence-corrected chi connectivity index (χ3v) is 2.51. The lowest BCUT2D eigenvalue weighted by atomic mass is 10.1. The predicted molar refractivity (Wildman–Crippen MR) is 66.5 cm³/mol. The monoisotopic (exact) mass is 258 g/mol. The minimum atomic E-state index is -0.446. The molecule has 1 heterocycles. The molecule has 96 valence electrons. The molecule has 0 saturated carbocycles. The van der Waals surface area contributed by atoms with Gasteiger partial charge in [0, 0.05) is 13.1 Å². The maximum absolute atomic E-state index is 10.8. The van der Waals surface area contributed by atoms with Crippen molar-refractivity contribution in [1.82, 2.24) is 14.8 Å². The van der Waals surface area contributed by atoms with Gasteiger partial charge in [-0.2, -0.15) is 5.26 Å². The minimum Gasteiger partial charge on any atom is -0.383 e. The molecule has 0 aliphatic rings. The third-order valence-electron chi connectivity index (χ3n) is 2.51. The van der Waals surface area contributed by atoms with E-state index in [1.807, 2.05) is 6.07 Å². The summed E-state index contributed by atoms with van der Waals surface area (Å²) in [5, 5.41) is 26.1. The van der Waals surface area contributed by atoms with E-state index >= 15 is 0 Å². The fourth-order valence-electron chi connectivity index (χ4n) is 1.65. The molecule has 19 heavy (non-hydrogen) atoms. The van der Waals surface area contributed by atoms with Crippen LogP contribution >= 0.6 is 0 Å². The zero-order valence-corrected chi connectivity index (χ0v) is 10.1. The first kappa shape index (κ1) is 12.5. The fraction of sp³-hybridized carbons (Fsp3) is 0.182.